The fraction of sp³-hybridized carbons (Fsp3) is 0.280. The molecule has 0 N–H and O–H groups in total. The number of ether oxygens (including phenoxy) is 2. The van der Waals surface area contributed by atoms with Gasteiger partial charge >= 0.3 is 11.6 Å². The number of hydrogen-bond acceptors (Lipinski definition) is 6. The van der Waals surface area contributed by atoms with Crippen molar-refractivity contribution in [2.75, 3.05) is 7.11 Å². The van der Waals surface area contributed by atoms with Gasteiger partial charge in [0.25, 0.3) is 0 Å². The Hall–Kier alpha value is -3.54. The van der Waals surface area contributed by atoms with Crippen LogP contribution in [0.3, 0.4) is 0 Å². The van der Waals surface area contributed by atoms with Gasteiger partial charge < -0.3 is 18.3 Å². The summed E-state index contributed by atoms with van der Waals surface area (Å²) in [6.45, 7) is 6.20. The highest BCUT2D eigenvalue weighted by Gasteiger charge is 2.15. The minimum absolute atomic E-state index is 0.00879. The number of carbonyl (C=O) groups excluding carboxylic acids is 1. The standard InChI is InChI=1S/C25H24O6/c1-14(2)20-11-21-17(9-25(27)31-23(21)7-15(20)3)13-30-24(26)8-16-12-29-22-10-18(28-4)5-6-19(16)22/h5-7,9-12,14H,8,13H2,1-4H3. The fourth-order valence-corrected chi connectivity index (χ4v) is 3.83. The van der Waals surface area contributed by atoms with Gasteiger partial charge in [0, 0.05) is 34.0 Å². The van der Waals surface area contributed by atoms with Gasteiger partial charge in [0.15, 0.2) is 0 Å². The molecule has 0 amide bonds. The second-order valence-corrected chi connectivity index (χ2v) is 7.91. The molecule has 0 aliphatic carbocycles. The summed E-state index contributed by atoms with van der Waals surface area (Å²) in [5.41, 5.74) is 4.25. The Labute approximate surface area is 179 Å². The van der Waals surface area contributed by atoms with E-state index in [-0.39, 0.29) is 13.0 Å². The molecule has 2 aromatic carbocycles. The molecule has 0 radical (unpaired) electrons. The molecule has 2 heterocycles. The molecule has 31 heavy (non-hydrogen) atoms. The Morgan fingerprint density at radius 2 is 1.84 bits per heavy atom. The second kappa shape index (κ2) is 8.30. The van der Waals surface area contributed by atoms with Gasteiger partial charge in [-0.2, -0.15) is 0 Å². The van der Waals surface area contributed by atoms with Crippen molar-refractivity contribution < 1.29 is 23.1 Å². The second-order valence-electron chi connectivity index (χ2n) is 7.91. The monoisotopic (exact) mass is 420 g/mol. The van der Waals surface area contributed by atoms with Gasteiger partial charge in [0.05, 0.1) is 19.8 Å². The molecule has 2 aromatic heterocycles. The van der Waals surface area contributed by atoms with Crippen LogP contribution in [0.2, 0.25) is 0 Å². The highest BCUT2D eigenvalue weighted by atomic mass is 16.5. The Kier molecular flexibility index (Phi) is 5.55. The van der Waals surface area contributed by atoms with Gasteiger partial charge in [0.1, 0.15) is 23.5 Å². The number of fused-ring (bicyclic) bond motifs is 2. The molecule has 0 aliphatic heterocycles. The van der Waals surface area contributed by atoms with Crippen molar-refractivity contribution in [1.82, 2.24) is 0 Å². The molecule has 4 aromatic rings. The maximum atomic E-state index is 12.5. The molecule has 6 heteroatoms. The van der Waals surface area contributed by atoms with Gasteiger partial charge in [-0.15, -0.1) is 0 Å². The van der Waals surface area contributed by atoms with E-state index >= 15 is 0 Å². The third kappa shape index (κ3) is 4.19. The van der Waals surface area contributed by atoms with Gasteiger partial charge in [-0.1, -0.05) is 13.8 Å². The SMILES string of the molecule is COc1ccc2c(CC(=O)OCc3cc(=O)oc4cc(C)c(C(C)C)cc34)coc2c1. The molecular formula is C25H24O6. The smallest absolute Gasteiger partial charge is 0.336 e. The first-order chi connectivity index (χ1) is 14.9. The predicted octanol–water partition coefficient (Wildman–Crippen LogP) is 5.27. The third-order valence-electron chi connectivity index (χ3n) is 5.43. The zero-order valence-corrected chi connectivity index (χ0v) is 18.0. The molecule has 0 bridgehead atoms. The molecular weight excluding hydrogens is 396 g/mol. The molecule has 4 rings (SSSR count). The van der Waals surface area contributed by atoms with E-state index < -0.39 is 11.6 Å². The topological polar surface area (TPSA) is 78.9 Å². The minimum Gasteiger partial charge on any atom is -0.497 e. The summed E-state index contributed by atoms with van der Waals surface area (Å²) < 4.78 is 21.6. The quantitative estimate of drug-likeness (QED) is 0.312. The van der Waals surface area contributed by atoms with Crippen molar-refractivity contribution in [2.24, 2.45) is 0 Å². The summed E-state index contributed by atoms with van der Waals surface area (Å²) >= 11 is 0. The van der Waals surface area contributed by atoms with Crippen molar-refractivity contribution in [3.8, 4) is 5.75 Å². The molecule has 0 saturated carbocycles. The predicted molar refractivity (Wildman–Crippen MR) is 118 cm³/mol. The number of aryl methyl sites for hydroxylation is 1. The lowest BCUT2D eigenvalue weighted by molar-refractivity contribution is -0.144. The van der Waals surface area contributed by atoms with Crippen molar-refractivity contribution in [3.63, 3.8) is 0 Å². The molecule has 160 valence electrons. The molecule has 0 fully saturated rings. The number of hydrogen-bond donors (Lipinski definition) is 0. The minimum atomic E-state index is -0.468. The summed E-state index contributed by atoms with van der Waals surface area (Å²) in [7, 11) is 1.59. The normalized spacial score (nSPS) is 11.4. The lowest BCUT2D eigenvalue weighted by atomic mass is 9.95. The zero-order valence-electron chi connectivity index (χ0n) is 18.0. The molecule has 6 nitrogen and oxygen atoms in total. The average molecular weight is 420 g/mol. The summed E-state index contributed by atoms with van der Waals surface area (Å²) in [5.74, 6) is 0.595. The van der Waals surface area contributed by atoms with Crippen molar-refractivity contribution in [1.29, 1.82) is 0 Å². The maximum Gasteiger partial charge on any atom is 0.336 e. The van der Waals surface area contributed by atoms with Gasteiger partial charge in [-0.3, -0.25) is 4.79 Å². The first kappa shape index (κ1) is 20.7. The van der Waals surface area contributed by atoms with E-state index in [0.29, 0.717) is 28.4 Å². The largest absolute Gasteiger partial charge is 0.497 e. The summed E-state index contributed by atoms with van der Waals surface area (Å²) in [6, 6.07) is 10.7. The van der Waals surface area contributed by atoms with Crippen LogP contribution in [-0.2, 0) is 22.6 Å². The van der Waals surface area contributed by atoms with Crippen LogP contribution in [0.4, 0.5) is 0 Å². The Balaban J connectivity index is 1.55. The maximum absolute atomic E-state index is 12.5. The van der Waals surface area contributed by atoms with Crippen LogP contribution in [0.15, 0.2) is 56.3 Å². The van der Waals surface area contributed by atoms with Crippen LogP contribution < -0.4 is 10.4 Å². The summed E-state index contributed by atoms with van der Waals surface area (Å²) in [5, 5.41) is 1.61. The molecule has 0 atom stereocenters. The Morgan fingerprint density at radius 1 is 1.03 bits per heavy atom. The summed E-state index contributed by atoms with van der Waals surface area (Å²) in [6.07, 6.45) is 1.62. The van der Waals surface area contributed by atoms with E-state index in [4.69, 9.17) is 18.3 Å². The van der Waals surface area contributed by atoms with Crippen LogP contribution in [0, 0.1) is 6.92 Å². The van der Waals surface area contributed by atoms with E-state index in [2.05, 4.69) is 13.8 Å². The van der Waals surface area contributed by atoms with Crippen LogP contribution in [0.25, 0.3) is 21.9 Å². The third-order valence-corrected chi connectivity index (χ3v) is 5.43. The van der Waals surface area contributed by atoms with Crippen LogP contribution in [0.1, 0.15) is 42.0 Å². The van der Waals surface area contributed by atoms with Gasteiger partial charge in [-0.25, -0.2) is 4.79 Å². The van der Waals surface area contributed by atoms with E-state index in [1.807, 2.05) is 31.2 Å². The molecule has 0 unspecified atom stereocenters. The van der Waals surface area contributed by atoms with Crippen molar-refractivity contribution in [2.45, 2.75) is 39.7 Å². The number of carbonyl (C=O) groups is 1. The van der Waals surface area contributed by atoms with Crippen molar-refractivity contribution >= 4 is 27.9 Å². The van der Waals surface area contributed by atoms with Gasteiger partial charge in [-0.05, 0) is 48.2 Å². The average Bonchev–Trinajstić information content (AvgIpc) is 3.12. The molecule has 0 aliphatic rings. The number of esters is 1. The number of benzene rings is 2. The van der Waals surface area contributed by atoms with Gasteiger partial charge in [0.2, 0.25) is 0 Å². The summed E-state index contributed by atoms with van der Waals surface area (Å²) in [4.78, 5) is 24.5. The zero-order chi connectivity index (χ0) is 22.1. The van der Waals surface area contributed by atoms with Crippen molar-refractivity contribution in [3.05, 3.63) is 75.3 Å². The molecule has 0 saturated heterocycles. The lowest BCUT2D eigenvalue weighted by Crippen LogP contribution is -2.10. The van der Waals surface area contributed by atoms with E-state index in [0.717, 1.165) is 27.5 Å². The van der Waals surface area contributed by atoms with E-state index in [1.165, 1.54) is 6.07 Å². The first-order valence-corrected chi connectivity index (χ1v) is 10.1. The Morgan fingerprint density at radius 3 is 2.58 bits per heavy atom. The first-order valence-electron chi connectivity index (χ1n) is 10.1. The van der Waals surface area contributed by atoms with Crippen LogP contribution in [0.5, 0.6) is 5.75 Å². The fourth-order valence-electron chi connectivity index (χ4n) is 3.83. The van der Waals surface area contributed by atoms with E-state index in [9.17, 15) is 9.59 Å². The van der Waals surface area contributed by atoms with E-state index in [1.54, 1.807) is 19.4 Å². The molecule has 0 spiro atoms. The number of rotatable bonds is 6. The van der Waals surface area contributed by atoms with Crippen LogP contribution >= 0.6 is 0 Å². The number of methoxy groups -OCH3 is 1. The Bertz CT molecular complexity index is 1330. The lowest BCUT2D eigenvalue weighted by Gasteiger charge is -2.13. The highest BCUT2D eigenvalue weighted by Crippen LogP contribution is 2.28. The number of furan rings is 1. The highest BCUT2D eigenvalue weighted by molar-refractivity contribution is 5.87. The van der Waals surface area contributed by atoms with Crippen LogP contribution in [-0.4, -0.2) is 13.1 Å².